The van der Waals surface area contributed by atoms with Crippen molar-refractivity contribution in [1.29, 1.82) is 0 Å². The molecule has 1 saturated heterocycles. The Labute approximate surface area is 160 Å². The molecule has 0 bridgehead atoms. The van der Waals surface area contributed by atoms with Gasteiger partial charge in [0.05, 0.1) is 6.10 Å². The second-order valence-corrected chi connectivity index (χ2v) is 6.47. The highest BCUT2D eigenvalue weighted by molar-refractivity contribution is 5.85. The quantitative estimate of drug-likeness (QED) is 0.799. The average molecular weight is 380 g/mol. The minimum Gasteiger partial charge on any atom is -0.364 e. The molecule has 1 aliphatic rings. The number of amides is 1. The van der Waals surface area contributed by atoms with E-state index in [0.717, 1.165) is 42.7 Å². The van der Waals surface area contributed by atoms with Gasteiger partial charge in [0.25, 0.3) is 5.91 Å². The number of nitrogens with two attached hydrogens (primary N) is 1. The molecule has 0 spiro atoms. The van der Waals surface area contributed by atoms with Gasteiger partial charge in [0.1, 0.15) is 17.6 Å². The van der Waals surface area contributed by atoms with Crippen LogP contribution in [-0.4, -0.2) is 48.3 Å². The average Bonchev–Trinajstić information content (AvgIpc) is 3.31. The highest BCUT2D eigenvalue weighted by atomic mass is 35.5. The van der Waals surface area contributed by atoms with Gasteiger partial charge >= 0.3 is 0 Å². The van der Waals surface area contributed by atoms with Gasteiger partial charge in [-0.1, -0.05) is 35.5 Å². The molecule has 7 heteroatoms. The molecule has 0 aliphatic carbocycles. The summed E-state index contributed by atoms with van der Waals surface area (Å²) in [6.07, 6.45) is 2.86. The van der Waals surface area contributed by atoms with E-state index in [1.54, 1.807) is 4.90 Å². The normalized spacial score (nSPS) is 19.2. The highest BCUT2D eigenvalue weighted by Crippen LogP contribution is 2.21. The van der Waals surface area contributed by atoms with Crippen LogP contribution >= 0.6 is 12.4 Å². The molecule has 6 nitrogen and oxygen atoms in total. The van der Waals surface area contributed by atoms with E-state index < -0.39 is 0 Å². The zero-order valence-corrected chi connectivity index (χ0v) is 15.8. The number of nitrogens with zero attached hydrogens (tertiary/aromatic N) is 2. The molecule has 0 unspecified atom stereocenters. The number of aromatic nitrogens is 1. The van der Waals surface area contributed by atoms with E-state index in [4.69, 9.17) is 15.0 Å². The molecule has 1 aromatic heterocycles. The molecule has 2 aromatic rings. The number of hydrogen-bond acceptors (Lipinski definition) is 5. The molecule has 0 saturated carbocycles. The molecule has 26 heavy (non-hydrogen) atoms. The van der Waals surface area contributed by atoms with E-state index in [0.29, 0.717) is 13.1 Å². The molecule has 1 amide bonds. The molecular formula is C19H26ClN3O3. The smallest absolute Gasteiger partial charge is 0.251 e. The van der Waals surface area contributed by atoms with Gasteiger partial charge in [-0.05, 0) is 19.3 Å². The number of carbonyl (C=O) groups is 1. The number of rotatable bonds is 7. The minimum atomic E-state index is -0.339. The van der Waals surface area contributed by atoms with E-state index >= 15 is 0 Å². The molecule has 2 N–H and O–H groups in total. The van der Waals surface area contributed by atoms with Crippen molar-refractivity contribution >= 4 is 18.3 Å². The van der Waals surface area contributed by atoms with E-state index in [1.807, 2.05) is 43.4 Å². The van der Waals surface area contributed by atoms with Crippen LogP contribution in [0.5, 0.6) is 0 Å². The van der Waals surface area contributed by atoms with Crippen LogP contribution in [0, 0.1) is 0 Å². The van der Waals surface area contributed by atoms with Crippen molar-refractivity contribution in [2.24, 2.45) is 5.73 Å². The Hall–Kier alpha value is -1.89. The van der Waals surface area contributed by atoms with Crippen molar-refractivity contribution in [2.75, 3.05) is 20.1 Å². The number of halogens is 1. The number of hydrogen-bond donors (Lipinski definition) is 1. The minimum absolute atomic E-state index is 0. The Balaban J connectivity index is 0.00000243. The van der Waals surface area contributed by atoms with Crippen LogP contribution in [0.2, 0.25) is 0 Å². The summed E-state index contributed by atoms with van der Waals surface area (Å²) < 4.78 is 11.1. The van der Waals surface area contributed by atoms with E-state index in [2.05, 4.69) is 5.16 Å². The fourth-order valence-corrected chi connectivity index (χ4v) is 3.08. The van der Waals surface area contributed by atoms with Crippen molar-refractivity contribution in [3.05, 3.63) is 42.2 Å². The maximum absolute atomic E-state index is 12.4. The van der Waals surface area contributed by atoms with Gasteiger partial charge in [0, 0.05) is 38.2 Å². The maximum Gasteiger partial charge on any atom is 0.251 e. The van der Waals surface area contributed by atoms with Gasteiger partial charge in [0.15, 0.2) is 0 Å². The highest BCUT2D eigenvalue weighted by Gasteiger charge is 2.31. The van der Waals surface area contributed by atoms with Crippen LogP contribution in [0.1, 0.15) is 25.0 Å². The molecule has 0 radical (unpaired) electrons. The van der Waals surface area contributed by atoms with Crippen LogP contribution in [0.25, 0.3) is 11.3 Å². The Bertz CT molecular complexity index is 692. The van der Waals surface area contributed by atoms with Gasteiger partial charge in [-0.25, -0.2) is 0 Å². The Morgan fingerprint density at radius 1 is 1.31 bits per heavy atom. The van der Waals surface area contributed by atoms with Crippen molar-refractivity contribution in [1.82, 2.24) is 10.1 Å². The van der Waals surface area contributed by atoms with Crippen molar-refractivity contribution in [2.45, 2.75) is 37.9 Å². The summed E-state index contributed by atoms with van der Waals surface area (Å²) in [5.74, 6) is 0.874. The molecule has 142 valence electrons. The van der Waals surface area contributed by atoms with Gasteiger partial charge in [-0.2, -0.15) is 0 Å². The molecule has 2 heterocycles. The number of likely N-dealkylation sites (N-methyl/N-ethyl adjacent to an activating group) is 1. The lowest BCUT2D eigenvalue weighted by Gasteiger charge is -2.21. The van der Waals surface area contributed by atoms with Gasteiger partial charge in [-0.3, -0.25) is 4.79 Å². The van der Waals surface area contributed by atoms with Crippen LogP contribution in [0.15, 0.2) is 40.9 Å². The van der Waals surface area contributed by atoms with Gasteiger partial charge in [0.2, 0.25) is 0 Å². The summed E-state index contributed by atoms with van der Waals surface area (Å²) >= 11 is 0. The van der Waals surface area contributed by atoms with E-state index in [1.165, 1.54) is 0 Å². The number of ether oxygens (including phenoxy) is 1. The fourth-order valence-electron chi connectivity index (χ4n) is 3.08. The lowest BCUT2D eigenvalue weighted by atomic mass is 10.1. The predicted octanol–water partition coefficient (Wildman–Crippen LogP) is 2.66. The summed E-state index contributed by atoms with van der Waals surface area (Å²) in [4.78, 5) is 14.1. The predicted molar refractivity (Wildman–Crippen MR) is 102 cm³/mol. The second-order valence-electron chi connectivity index (χ2n) is 6.47. The topological polar surface area (TPSA) is 81.6 Å². The summed E-state index contributed by atoms with van der Waals surface area (Å²) in [5, 5.41) is 4.11. The largest absolute Gasteiger partial charge is 0.364 e. The third kappa shape index (κ3) is 5.06. The monoisotopic (exact) mass is 379 g/mol. The standard InChI is InChI=1S/C19H25N3O3.ClH/c1-22(19(23)18-10-9-16(13-20)24-18)11-5-8-15-12-17(21-25-15)14-6-3-2-4-7-14;/h2-4,6-7,12,16,18H,5,8-11,13,20H2,1H3;1H/t16-,18+;/m1./s1. The van der Waals surface area contributed by atoms with Crippen LogP contribution < -0.4 is 5.73 Å². The van der Waals surface area contributed by atoms with Crippen molar-refractivity contribution < 1.29 is 14.1 Å². The summed E-state index contributed by atoms with van der Waals surface area (Å²) in [7, 11) is 1.82. The third-order valence-electron chi connectivity index (χ3n) is 4.57. The van der Waals surface area contributed by atoms with Gasteiger partial charge in [-0.15, -0.1) is 12.4 Å². The summed E-state index contributed by atoms with van der Waals surface area (Å²) in [5.41, 5.74) is 7.47. The molecule has 1 aromatic carbocycles. The first-order valence-corrected chi connectivity index (χ1v) is 8.79. The summed E-state index contributed by atoms with van der Waals surface area (Å²) in [6.45, 7) is 1.14. The third-order valence-corrected chi connectivity index (χ3v) is 4.57. The zero-order chi connectivity index (χ0) is 17.6. The fraction of sp³-hybridized carbons (Fsp3) is 0.474. The molecule has 2 atom stereocenters. The van der Waals surface area contributed by atoms with Crippen LogP contribution in [0.3, 0.4) is 0 Å². The number of benzene rings is 1. The first-order valence-electron chi connectivity index (χ1n) is 8.79. The molecular weight excluding hydrogens is 354 g/mol. The first-order chi connectivity index (χ1) is 12.2. The Morgan fingerprint density at radius 3 is 2.77 bits per heavy atom. The second kappa shape index (κ2) is 9.71. The molecule has 1 aliphatic heterocycles. The zero-order valence-electron chi connectivity index (χ0n) is 15.0. The SMILES string of the molecule is CN(CCCc1cc(-c2ccccc2)no1)C(=O)[C@@H]1CC[C@H](CN)O1.Cl. The van der Waals surface area contributed by atoms with Crippen LogP contribution in [0.4, 0.5) is 0 Å². The number of aryl methyl sites for hydroxylation is 1. The van der Waals surface area contributed by atoms with Crippen molar-refractivity contribution in [3.63, 3.8) is 0 Å². The Morgan fingerprint density at radius 2 is 2.08 bits per heavy atom. The van der Waals surface area contributed by atoms with E-state index in [-0.39, 0.29) is 30.5 Å². The lowest BCUT2D eigenvalue weighted by molar-refractivity contribution is -0.141. The number of carbonyl (C=O) groups excluding carboxylic acids is 1. The summed E-state index contributed by atoms with van der Waals surface area (Å²) in [6, 6.07) is 11.9. The maximum atomic E-state index is 12.4. The lowest BCUT2D eigenvalue weighted by Crippen LogP contribution is -2.37. The Kier molecular flexibility index (Phi) is 7.63. The molecule has 3 rings (SSSR count). The molecule has 1 fully saturated rings. The van der Waals surface area contributed by atoms with Crippen molar-refractivity contribution in [3.8, 4) is 11.3 Å². The van der Waals surface area contributed by atoms with Crippen LogP contribution in [-0.2, 0) is 16.0 Å². The van der Waals surface area contributed by atoms with Gasteiger partial charge < -0.3 is 19.9 Å². The van der Waals surface area contributed by atoms with E-state index in [9.17, 15) is 4.79 Å². The first kappa shape index (κ1) is 20.4.